The van der Waals surface area contributed by atoms with Crippen LogP contribution in [0.1, 0.15) is 37.6 Å². The Balaban J connectivity index is 2.67. The second-order valence-electron chi connectivity index (χ2n) is 3.84. The number of amides is 1. The van der Waals surface area contributed by atoms with E-state index < -0.39 is 0 Å². The van der Waals surface area contributed by atoms with Crippen LogP contribution in [0.25, 0.3) is 0 Å². The van der Waals surface area contributed by atoms with Crippen molar-refractivity contribution in [2.45, 2.75) is 33.2 Å². The number of carbonyl (C=O) groups is 1. The zero-order valence-electron chi connectivity index (χ0n) is 9.21. The third-order valence-corrected chi connectivity index (χ3v) is 3.04. The number of hydrogen-bond donors (Lipinski definition) is 1. The van der Waals surface area contributed by atoms with Crippen molar-refractivity contribution in [1.82, 2.24) is 5.32 Å². The van der Waals surface area contributed by atoms with E-state index >= 15 is 0 Å². The lowest BCUT2D eigenvalue weighted by molar-refractivity contribution is 0.0923. The Hall–Kier alpha value is -0.770. The van der Waals surface area contributed by atoms with Crippen LogP contribution < -0.4 is 5.32 Å². The molecule has 0 fully saturated rings. The van der Waals surface area contributed by atoms with Gasteiger partial charge in [0.1, 0.15) is 0 Å². The third kappa shape index (κ3) is 3.09. The fourth-order valence-corrected chi connectivity index (χ4v) is 1.86. The summed E-state index contributed by atoms with van der Waals surface area (Å²) in [7, 11) is 0. The summed E-state index contributed by atoms with van der Waals surface area (Å²) in [4.78, 5) is 11.8. The molecule has 0 radical (unpaired) electrons. The summed E-state index contributed by atoms with van der Waals surface area (Å²) in [5.74, 6) is 0.348. The molecule has 1 unspecified atom stereocenters. The van der Waals surface area contributed by atoms with Crippen LogP contribution in [0.3, 0.4) is 0 Å². The maximum Gasteiger partial charge on any atom is 0.255 e. The van der Waals surface area contributed by atoms with Crippen LogP contribution in [0.15, 0.2) is 21.4 Å². The van der Waals surface area contributed by atoms with E-state index in [1.165, 1.54) is 6.26 Å². The summed E-state index contributed by atoms with van der Waals surface area (Å²) in [5.41, 5.74) is 0.550. The number of halogens is 1. The first-order valence-corrected chi connectivity index (χ1v) is 5.89. The van der Waals surface area contributed by atoms with Crippen molar-refractivity contribution in [3.05, 3.63) is 22.6 Å². The van der Waals surface area contributed by atoms with Gasteiger partial charge < -0.3 is 9.73 Å². The van der Waals surface area contributed by atoms with E-state index in [0.717, 1.165) is 6.42 Å². The molecule has 0 aliphatic heterocycles. The predicted octanol–water partition coefficient (Wildman–Crippen LogP) is 3.21. The molecule has 0 saturated carbocycles. The van der Waals surface area contributed by atoms with Gasteiger partial charge >= 0.3 is 0 Å². The molecule has 4 heteroatoms. The minimum absolute atomic E-state index is 0.0869. The highest BCUT2D eigenvalue weighted by atomic mass is 79.9. The Labute approximate surface area is 98.4 Å². The average molecular weight is 274 g/mol. The molecule has 1 heterocycles. The molecule has 15 heavy (non-hydrogen) atoms. The van der Waals surface area contributed by atoms with Gasteiger partial charge in [0.2, 0.25) is 0 Å². The smallest absolute Gasteiger partial charge is 0.255 e. The Morgan fingerprint density at radius 1 is 1.60 bits per heavy atom. The van der Waals surface area contributed by atoms with Crippen molar-refractivity contribution >= 4 is 21.8 Å². The molecular weight excluding hydrogens is 258 g/mol. The van der Waals surface area contributed by atoms with Crippen LogP contribution in [-0.4, -0.2) is 11.9 Å². The van der Waals surface area contributed by atoms with Crippen LogP contribution in [0.5, 0.6) is 0 Å². The monoisotopic (exact) mass is 273 g/mol. The Bertz CT molecular complexity index is 333. The molecule has 0 aliphatic carbocycles. The van der Waals surface area contributed by atoms with Crippen molar-refractivity contribution in [3.8, 4) is 0 Å². The topological polar surface area (TPSA) is 42.2 Å². The standard InChI is InChI=1S/C11H16BrNO2/c1-4-9(7(2)3)13-11(14)8-5-6-15-10(8)12/h5-7,9H,4H2,1-3H3,(H,13,14). The van der Waals surface area contributed by atoms with E-state index in [2.05, 4.69) is 42.0 Å². The zero-order valence-corrected chi connectivity index (χ0v) is 10.8. The molecule has 0 bridgehead atoms. The number of hydrogen-bond acceptors (Lipinski definition) is 2. The van der Waals surface area contributed by atoms with Gasteiger partial charge in [-0.25, -0.2) is 0 Å². The van der Waals surface area contributed by atoms with E-state index in [0.29, 0.717) is 16.2 Å². The number of furan rings is 1. The lowest BCUT2D eigenvalue weighted by Crippen LogP contribution is -2.37. The van der Waals surface area contributed by atoms with Crippen molar-refractivity contribution in [2.24, 2.45) is 5.92 Å². The van der Waals surface area contributed by atoms with Gasteiger partial charge in [-0.05, 0) is 34.3 Å². The summed E-state index contributed by atoms with van der Waals surface area (Å²) in [6.45, 7) is 6.26. The first-order valence-electron chi connectivity index (χ1n) is 5.10. The van der Waals surface area contributed by atoms with Gasteiger partial charge in [-0.15, -0.1) is 0 Å². The molecule has 1 N–H and O–H groups in total. The van der Waals surface area contributed by atoms with Crippen LogP contribution >= 0.6 is 15.9 Å². The van der Waals surface area contributed by atoms with Gasteiger partial charge in [-0.1, -0.05) is 20.8 Å². The fourth-order valence-electron chi connectivity index (χ4n) is 1.44. The number of nitrogens with one attached hydrogen (secondary N) is 1. The van der Waals surface area contributed by atoms with Crippen LogP contribution in [0.4, 0.5) is 0 Å². The molecule has 1 atom stereocenters. The number of carbonyl (C=O) groups excluding carboxylic acids is 1. The highest BCUT2D eigenvalue weighted by molar-refractivity contribution is 9.10. The summed E-state index contributed by atoms with van der Waals surface area (Å²) < 4.78 is 5.50. The molecule has 0 aromatic carbocycles. The highest BCUT2D eigenvalue weighted by Crippen LogP contribution is 2.18. The molecule has 0 aliphatic rings. The first-order chi connectivity index (χ1) is 7.06. The lowest BCUT2D eigenvalue weighted by Gasteiger charge is -2.20. The fraction of sp³-hybridized carbons (Fsp3) is 0.545. The first kappa shape index (κ1) is 12.3. The van der Waals surface area contributed by atoms with Gasteiger partial charge in [-0.2, -0.15) is 0 Å². The normalized spacial score (nSPS) is 12.9. The van der Waals surface area contributed by atoms with E-state index in [1.807, 2.05) is 0 Å². The SMILES string of the molecule is CCC(NC(=O)c1ccoc1Br)C(C)C. The predicted molar refractivity (Wildman–Crippen MR) is 62.8 cm³/mol. The van der Waals surface area contributed by atoms with Crippen LogP contribution in [-0.2, 0) is 0 Å². The quantitative estimate of drug-likeness (QED) is 0.916. The van der Waals surface area contributed by atoms with E-state index in [4.69, 9.17) is 4.42 Å². The Morgan fingerprint density at radius 3 is 2.67 bits per heavy atom. The minimum atomic E-state index is -0.0869. The van der Waals surface area contributed by atoms with Crippen LogP contribution in [0.2, 0.25) is 0 Å². The van der Waals surface area contributed by atoms with Gasteiger partial charge in [0.25, 0.3) is 5.91 Å². The second-order valence-corrected chi connectivity index (χ2v) is 4.56. The van der Waals surface area contributed by atoms with E-state index in [1.54, 1.807) is 6.07 Å². The molecule has 1 aromatic rings. The molecule has 84 valence electrons. The van der Waals surface area contributed by atoms with Crippen molar-refractivity contribution in [1.29, 1.82) is 0 Å². The molecule has 3 nitrogen and oxygen atoms in total. The maximum absolute atomic E-state index is 11.8. The molecular formula is C11H16BrNO2. The molecule has 0 spiro atoms. The molecule has 1 amide bonds. The second kappa shape index (κ2) is 5.35. The van der Waals surface area contributed by atoms with Gasteiger partial charge in [0.05, 0.1) is 11.8 Å². The van der Waals surface area contributed by atoms with E-state index in [9.17, 15) is 4.79 Å². The van der Waals surface area contributed by atoms with Crippen molar-refractivity contribution < 1.29 is 9.21 Å². The Morgan fingerprint density at radius 2 is 2.27 bits per heavy atom. The molecule has 0 saturated heterocycles. The van der Waals surface area contributed by atoms with Crippen molar-refractivity contribution in [2.75, 3.05) is 0 Å². The van der Waals surface area contributed by atoms with Gasteiger partial charge in [-0.3, -0.25) is 4.79 Å². The third-order valence-electron chi connectivity index (χ3n) is 2.42. The largest absolute Gasteiger partial charge is 0.457 e. The van der Waals surface area contributed by atoms with Crippen molar-refractivity contribution in [3.63, 3.8) is 0 Å². The van der Waals surface area contributed by atoms with Gasteiger partial charge in [0, 0.05) is 6.04 Å². The summed E-state index contributed by atoms with van der Waals surface area (Å²) in [6.07, 6.45) is 2.42. The summed E-state index contributed by atoms with van der Waals surface area (Å²) >= 11 is 3.19. The maximum atomic E-state index is 11.8. The highest BCUT2D eigenvalue weighted by Gasteiger charge is 2.18. The van der Waals surface area contributed by atoms with Gasteiger partial charge in [0.15, 0.2) is 4.67 Å². The van der Waals surface area contributed by atoms with E-state index in [-0.39, 0.29) is 11.9 Å². The zero-order chi connectivity index (χ0) is 11.4. The Kier molecular flexibility index (Phi) is 4.39. The lowest BCUT2D eigenvalue weighted by atomic mass is 10.0. The average Bonchev–Trinajstić information content (AvgIpc) is 2.60. The summed E-state index contributed by atoms with van der Waals surface area (Å²) in [5, 5.41) is 2.98. The minimum Gasteiger partial charge on any atom is -0.457 e. The molecule has 1 rings (SSSR count). The number of rotatable bonds is 4. The summed E-state index contributed by atoms with van der Waals surface area (Å²) in [6, 6.07) is 1.87. The van der Waals surface area contributed by atoms with Crippen LogP contribution in [0, 0.1) is 5.92 Å². The molecule has 1 aromatic heterocycles.